The molecule has 3 heteroatoms. The average molecular weight is 240 g/mol. The van der Waals surface area contributed by atoms with Crippen LogP contribution in [-0.2, 0) is 4.79 Å². The summed E-state index contributed by atoms with van der Waals surface area (Å²) in [4.78, 5) is 13.8. The molecule has 0 saturated heterocycles. The van der Waals surface area contributed by atoms with Gasteiger partial charge in [0.1, 0.15) is 0 Å². The number of rotatable bonds is 4. The third-order valence-corrected chi connectivity index (χ3v) is 2.64. The van der Waals surface area contributed by atoms with Gasteiger partial charge < -0.3 is 10.2 Å². The molecule has 2 aromatic rings. The molecule has 92 valence electrons. The number of hydrogen-bond acceptors (Lipinski definition) is 2. The predicted octanol–water partition coefficient (Wildman–Crippen LogP) is 2.76. The van der Waals surface area contributed by atoms with Gasteiger partial charge in [-0.05, 0) is 24.3 Å². The molecule has 1 amide bonds. The summed E-state index contributed by atoms with van der Waals surface area (Å²) in [6.07, 6.45) is 0. The Morgan fingerprint density at radius 2 is 1.56 bits per heavy atom. The first-order chi connectivity index (χ1) is 8.75. The van der Waals surface area contributed by atoms with Crippen LogP contribution in [0.25, 0.3) is 0 Å². The fraction of sp³-hybridized carbons (Fsp3) is 0.133. The molecule has 0 aliphatic carbocycles. The quantitative estimate of drug-likeness (QED) is 0.891. The van der Waals surface area contributed by atoms with E-state index in [1.807, 2.05) is 72.6 Å². The Morgan fingerprint density at radius 3 is 2.17 bits per heavy atom. The largest absolute Gasteiger partial charge is 0.365 e. The van der Waals surface area contributed by atoms with Gasteiger partial charge in [0, 0.05) is 18.4 Å². The van der Waals surface area contributed by atoms with E-state index in [1.54, 1.807) is 0 Å². The van der Waals surface area contributed by atoms with Crippen molar-refractivity contribution in [2.24, 2.45) is 0 Å². The molecule has 0 unspecified atom stereocenters. The molecule has 0 radical (unpaired) electrons. The highest BCUT2D eigenvalue weighted by Crippen LogP contribution is 2.11. The van der Waals surface area contributed by atoms with Gasteiger partial charge in [0.15, 0.2) is 0 Å². The second-order valence-electron chi connectivity index (χ2n) is 4.11. The van der Waals surface area contributed by atoms with E-state index in [9.17, 15) is 4.79 Å². The number of para-hydroxylation sites is 2. The summed E-state index contributed by atoms with van der Waals surface area (Å²) in [5.74, 6) is -0.0208. The van der Waals surface area contributed by atoms with E-state index >= 15 is 0 Å². The van der Waals surface area contributed by atoms with Gasteiger partial charge in [-0.2, -0.15) is 0 Å². The molecular formula is C15H16N2O. The van der Waals surface area contributed by atoms with Crippen molar-refractivity contribution in [3.8, 4) is 0 Å². The average Bonchev–Trinajstić information content (AvgIpc) is 2.40. The Bertz CT molecular complexity index is 496. The first kappa shape index (κ1) is 12.2. The molecule has 0 aromatic heterocycles. The second kappa shape index (κ2) is 5.87. The molecular weight excluding hydrogens is 224 g/mol. The van der Waals surface area contributed by atoms with Crippen molar-refractivity contribution in [3.63, 3.8) is 0 Å². The highest BCUT2D eigenvalue weighted by atomic mass is 16.2. The smallest absolute Gasteiger partial charge is 0.243 e. The first-order valence-corrected chi connectivity index (χ1v) is 5.87. The Kier molecular flexibility index (Phi) is 3.97. The summed E-state index contributed by atoms with van der Waals surface area (Å²) in [5, 5.41) is 2.86. The zero-order valence-electron chi connectivity index (χ0n) is 10.3. The first-order valence-electron chi connectivity index (χ1n) is 5.87. The van der Waals surface area contributed by atoms with Crippen LogP contribution in [0.15, 0.2) is 60.7 Å². The van der Waals surface area contributed by atoms with Crippen LogP contribution < -0.4 is 10.2 Å². The summed E-state index contributed by atoms with van der Waals surface area (Å²) >= 11 is 0. The van der Waals surface area contributed by atoms with Crippen LogP contribution in [-0.4, -0.2) is 19.5 Å². The van der Waals surface area contributed by atoms with E-state index in [4.69, 9.17) is 0 Å². The number of nitrogens with one attached hydrogen (secondary N) is 1. The normalized spacial score (nSPS) is 9.83. The van der Waals surface area contributed by atoms with E-state index in [-0.39, 0.29) is 5.91 Å². The molecule has 1 N–H and O–H groups in total. The Hall–Kier alpha value is -2.29. The van der Waals surface area contributed by atoms with Crippen LogP contribution >= 0.6 is 0 Å². The molecule has 0 saturated carbocycles. The third kappa shape index (κ3) is 3.35. The third-order valence-electron chi connectivity index (χ3n) is 2.64. The molecule has 0 aliphatic heterocycles. The number of carbonyl (C=O) groups is 1. The lowest BCUT2D eigenvalue weighted by Gasteiger charge is -2.18. The molecule has 0 atom stereocenters. The number of likely N-dealkylation sites (N-methyl/N-ethyl adjacent to an activating group) is 1. The Balaban J connectivity index is 1.92. The van der Waals surface area contributed by atoms with Crippen LogP contribution in [0.3, 0.4) is 0 Å². The number of benzene rings is 2. The predicted molar refractivity (Wildman–Crippen MR) is 74.8 cm³/mol. The van der Waals surface area contributed by atoms with Crippen LogP contribution in [0.4, 0.5) is 11.4 Å². The van der Waals surface area contributed by atoms with E-state index < -0.39 is 0 Å². The minimum atomic E-state index is -0.0208. The van der Waals surface area contributed by atoms with Crippen LogP contribution in [0.2, 0.25) is 0 Å². The number of amides is 1. The minimum Gasteiger partial charge on any atom is -0.365 e. The number of nitrogens with zero attached hydrogens (tertiary/aromatic N) is 1. The van der Waals surface area contributed by atoms with Gasteiger partial charge in [-0.25, -0.2) is 0 Å². The standard InChI is InChI=1S/C15H16N2O/c1-17(14-10-6-3-7-11-14)12-15(18)16-13-8-4-2-5-9-13/h2-11H,12H2,1H3,(H,16,18). The summed E-state index contributed by atoms with van der Waals surface area (Å²) < 4.78 is 0. The van der Waals surface area contributed by atoms with Gasteiger partial charge in [0.05, 0.1) is 6.54 Å². The molecule has 3 nitrogen and oxygen atoms in total. The molecule has 0 aliphatic rings. The van der Waals surface area contributed by atoms with Crippen molar-refractivity contribution < 1.29 is 4.79 Å². The maximum Gasteiger partial charge on any atom is 0.243 e. The van der Waals surface area contributed by atoms with E-state index in [1.165, 1.54) is 0 Å². The summed E-state index contributed by atoms with van der Waals surface area (Å²) in [5.41, 5.74) is 1.85. The molecule has 0 spiro atoms. The van der Waals surface area contributed by atoms with Crippen molar-refractivity contribution in [2.45, 2.75) is 0 Å². The van der Waals surface area contributed by atoms with Gasteiger partial charge in [0.2, 0.25) is 5.91 Å². The van der Waals surface area contributed by atoms with Gasteiger partial charge in [0.25, 0.3) is 0 Å². The molecule has 2 aromatic carbocycles. The molecule has 0 bridgehead atoms. The number of anilines is 2. The van der Waals surface area contributed by atoms with Crippen molar-refractivity contribution >= 4 is 17.3 Å². The highest BCUT2D eigenvalue weighted by molar-refractivity contribution is 5.93. The van der Waals surface area contributed by atoms with Crippen molar-refractivity contribution in [3.05, 3.63) is 60.7 Å². The highest BCUT2D eigenvalue weighted by Gasteiger charge is 2.06. The molecule has 18 heavy (non-hydrogen) atoms. The molecule has 2 rings (SSSR count). The minimum absolute atomic E-state index is 0.0208. The molecule has 0 heterocycles. The van der Waals surface area contributed by atoms with E-state index in [0.29, 0.717) is 6.54 Å². The lowest BCUT2D eigenvalue weighted by molar-refractivity contribution is -0.114. The lowest BCUT2D eigenvalue weighted by atomic mass is 10.3. The van der Waals surface area contributed by atoms with Crippen molar-refractivity contribution in [2.75, 3.05) is 23.8 Å². The van der Waals surface area contributed by atoms with Crippen molar-refractivity contribution in [1.29, 1.82) is 0 Å². The van der Waals surface area contributed by atoms with Crippen LogP contribution in [0.5, 0.6) is 0 Å². The van der Waals surface area contributed by atoms with Crippen molar-refractivity contribution in [1.82, 2.24) is 0 Å². The van der Waals surface area contributed by atoms with Gasteiger partial charge in [-0.15, -0.1) is 0 Å². The van der Waals surface area contributed by atoms with Crippen LogP contribution in [0, 0.1) is 0 Å². The zero-order valence-corrected chi connectivity index (χ0v) is 10.3. The maximum atomic E-state index is 11.8. The fourth-order valence-corrected chi connectivity index (χ4v) is 1.71. The summed E-state index contributed by atoms with van der Waals surface area (Å²) in [6, 6.07) is 19.3. The summed E-state index contributed by atoms with van der Waals surface area (Å²) in [7, 11) is 1.90. The van der Waals surface area contributed by atoms with E-state index in [2.05, 4.69) is 5.32 Å². The van der Waals surface area contributed by atoms with E-state index in [0.717, 1.165) is 11.4 Å². The van der Waals surface area contributed by atoms with Crippen LogP contribution in [0.1, 0.15) is 0 Å². The monoisotopic (exact) mass is 240 g/mol. The summed E-state index contributed by atoms with van der Waals surface area (Å²) in [6.45, 7) is 0.332. The SMILES string of the molecule is CN(CC(=O)Nc1ccccc1)c1ccccc1. The fourth-order valence-electron chi connectivity index (χ4n) is 1.71. The maximum absolute atomic E-state index is 11.8. The van der Waals surface area contributed by atoms with Gasteiger partial charge >= 0.3 is 0 Å². The second-order valence-corrected chi connectivity index (χ2v) is 4.11. The Labute approximate surface area is 107 Å². The Morgan fingerprint density at radius 1 is 1.00 bits per heavy atom. The van der Waals surface area contributed by atoms with Gasteiger partial charge in [-0.1, -0.05) is 36.4 Å². The zero-order chi connectivity index (χ0) is 12.8. The molecule has 0 fully saturated rings. The lowest BCUT2D eigenvalue weighted by Crippen LogP contribution is -2.29. The topological polar surface area (TPSA) is 32.3 Å². The number of carbonyl (C=O) groups excluding carboxylic acids is 1. The van der Waals surface area contributed by atoms with Gasteiger partial charge in [-0.3, -0.25) is 4.79 Å². The number of hydrogen-bond donors (Lipinski definition) is 1.